The molecule has 1 aliphatic rings. The molecule has 108 valence electrons. The van der Waals surface area contributed by atoms with E-state index in [1.54, 1.807) is 0 Å². The number of hydrogen-bond acceptors (Lipinski definition) is 2. The van der Waals surface area contributed by atoms with Crippen molar-refractivity contribution in [2.75, 3.05) is 13.3 Å². The Morgan fingerprint density at radius 1 is 1.00 bits per heavy atom. The highest BCUT2D eigenvalue weighted by atomic mass is 28.4. The van der Waals surface area contributed by atoms with E-state index in [-0.39, 0.29) is 0 Å². The van der Waals surface area contributed by atoms with Crippen LogP contribution in [0.5, 0.6) is 0 Å². The molecular weight excluding hydrogens is 254 g/mol. The van der Waals surface area contributed by atoms with Gasteiger partial charge in [0.1, 0.15) is 0 Å². The van der Waals surface area contributed by atoms with Gasteiger partial charge in [-0.2, -0.15) is 0 Å². The zero-order valence-corrected chi connectivity index (χ0v) is 15.7. The molecule has 1 atom stereocenters. The van der Waals surface area contributed by atoms with E-state index in [9.17, 15) is 0 Å². The third-order valence-corrected chi connectivity index (χ3v) is 13.8. The van der Waals surface area contributed by atoms with Crippen molar-refractivity contribution in [1.82, 2.24) is 4.90 Å². The van der Waals surface area contributed by atoms with Crippen LogP contribution < -0.4 is 0 Å². The molecule has 0 bridgehead atoms. The smallest absolute Gasteiger partial charge is 0.0996 e. The molecule has 1 heterocycles. The molecule has 0 spiro atoms. The fraction of sp³-hybridized carbons (Fsp3) is 1.00. The first-order valence-electron chi connectivity index (χ1n) is 7.39. The third-order valence-electron chi connectivity index (χ3n) is 4.12. The highest BCUT2D eigenvalue weighted by molar-refractivity contribution is 6.96. The molecule has 4 heteroatoms. The quantitative estimate of drug-likeness (QED) is 0.724. The van der Waals surface area contributed by atoms with Crippen LogP contribution in [0.15, 0.2) is 0 Å². The summed E-state index contributed by atoms with van der Waals surface area (Å²) in [4.78, 5) is 2.45. The Morgan fingerprint density at radius 2 is 1.50 bits per heavy atom. The summed E-state index contributed by atoms with van der Waals surface area (Å²) in [7, 11) is -2.28. The van der Waals surface area contributed by atoms with Crippen molar-refractivity contribution in [2.24, 2.45) is 0 Å². The van der Waals surface area contributed by atoms with Crippen LogP contribution in [0.4, 0.5) is 0 Å². The molecule has 18 heavy (non-hydrogen) atoms. The molecular formula is C14H33NOSi2. The van der Waals surface area contributed by atoms with E-state index in [2.05, 4.69) is 58.0 Å². The van der Waals surface area contributed by atoms with Crippen molar-refractivity contribution < 1.29 is 4.74 Å². The summed E-state index contributed by atoms with van der Waals surface area (Å²) >= 11 is 0. The van der Waals surface area contributed by atoms with Gasteiger partial charge in [0, 0.05) is 28.7 Å². The van der Waals surface area contributed by atoms with Crippen LogP contribution in [-0.2, 0) is 4.74 Å². The van der Waals surface area contributed by atoms with Crippen molar-refractivity contribution in [3.05, 3.63) is 0 Å². The van der Waals surface area contributed by atoms with Gasteiger partial charge in [-0.25, -0.2) is 0 Å². The molecule has 0 amide bonds. The predicted molar refractivity (Wildman–Crippen MR) is 86.6 cm³/mol. The highest BCUT2D eigenvalue weighted by Gasteiger charge is 2.44. The average Bonchev–Trinajstić information content (AvgIpc) is 2.13. The second-order valence-corrected chi connectivity index (χ2v) is 19.5. The molecule has 1 fully saturated rings. The van der Waals surface area contributed by atoms with Crippen LogP contribution in [0.25, 0.3) is 0 Å². The van der Waals surface area contributed by atoms with Gasteiger partial charge < -0.3 is 4.74 Å². The maximum atomic E-state index is 6.26. The fourth-order valence-electron chi connectivity index (χ4n) is 3.72. The standard InChI is InChI=1S/C14H33NOSi2/c1-12(2)15-10-9-13(16-11-15)14(17(3,4)5)18(6,7)8/h12-14H,9-11H2,1-8H3. The zero-order chi connectivity index (χ0) is 14.1. The van der Waals surface area contributed by atoms with Crippen molar-refractivity contribution in [1.29, 1.82) is 0 Å². The lowest BCUT2D eigenvalue weighted by molar-refractivity contribution is -0.0762. The second kappa shape index (κ2) is 5.77. The minimum absolute atomic E-state index is 0.526. The van der Waals surface area contributed by atoms with E-state index in [4.69, 9.17) is 4.74 Å². The maximum Gasteiger partial charge on any atom is 0.0996 e. The van der Waals surface area contributed by atoms with E-state index < -0.39 is 16.1 Å². The summed E-state index contributed by atoms with van der Waals surface area (Å²) in [5.74, 6) is 0. The molecule has 1 saturated heterocycles. The minimum atomic E-state index is -1.14. The van der Waals surface area contributed by atoms with Crippen molar-refractivity contribution in [2.45, 2.75) is 76.9 Å². The third kappa shape index (κ3) is 4.18. The molecule has 2 nitrogen and oxygen atoms in total. The zero-order valence-electron chi connectivity index (χ0n) is 13.7. The topological polar surface area (TPSA) is 12.5 Å². The molecule has 0 aromatic rings. The van der Waals surface area contributed by atoms with Gasteiger partial charge in [-0.3, -0.25) is 4.90 Å². The van der Waals surface area contributed by atoms with Crippen molar-refractivity contribution in [3.63, 3.8) is 0 Å². The molecule has 1 aliphatic heterocycles. The number of nitrogens with zero attached hydrogens (tertiary/aromatic N) is 1. The van der Waals surface area contributed by atoms with Gasteiger partial charge in [0.15, 0.2) is 0 Å². The predicted octanol–water partition coefficient (Wildman–Crippen LogP) is 4.03. The maximum absolute atomic E-state index is 6.26. The summed E-state index contributed by atoms with van der Waals surface area (Å²) in [6.45, 7) is 21.7. The molecule has 0 aromatic carbocycles. The van der Waals surface area contributed by atoms with Gasteiger partial charge in [0.2, 0.25) is 0 Å². The molecule has 0 radical (unpaired) electrons. The number of hydrogen-bond donors (Lipinski definition) is 0. The first kappa shape index (κ1) is 16.4. The summed E-state index contributed by atoms with van der Waals surface area (Å²) in [6.07, 6.45) is 1.76. The van der Waals surface area contributed by atoms with Gasteiger partial charge in [0.05, 0.1) is 12.8 Å². The lowest BCUT2D eigenvalue weighted by Gasteiger charge is -2.47. The Bertz CT molecular complexity index is 246. The van der Waals surface area contributed by atoms with Crippen LogP contribution in [0.1, 0.15) is 20.3 Å². The van der Waals surface area contributed by atoms with E-state index >= 15 is 0 Å². The Morgan fingerprint density at radius 3 is 1.78 bits per heavy atom. The highest BCUT2D eigenvalue weighted by Crippen LogP contribution is 2.39. The molecule has 1 rings (SSSR count). The lowest BCUT2D eigenvalue weighted by Crippen LogP contribution is -2.54. The van der Waals surface area contributed by atoms with E-state index in [1.165, 1.54) is 13.0 Å². The van der Waals surface area contributed by atoms with Gasteiger partial charge >= 0.3 is 0 Å². The number of ether oxygens (including phenoxy) is 1. The first-order chi connectivity index (χ1) is 8.03. The Balaban J connectivity index is 2.74. The van der Waals surface area contributed by atoms with E-state index in [1.807, 2.05) is 0 Å². The van der Waals surface area contributed by atoms with Gasteiger partial charge in [0.25, 0.3) is 0 Å². The Labute approximate surface area is 116 Å². The van der Waals surface area contributed by atoms with E-state index in [0.717, 1.165) is 11.9 Å². The minimum Gasteiger partial charge on any atom is -0.363 e. The van der Waals surface area contributed by atoms with Crippen LogP contribution in [0.2, 0.25) is 44.4 Å². The van der Waals surface area contributed by atoms with Crippen LogP contribution in [0.3, 0.4) is 0 Å². The molecule has 1 unspecified atom stereocenters. The normalized spacial score (nSPS) is 24.0. The average molecular weight is 288 g/mol. The lowest BCUT2D eigenvalue weighted by atomic mass is 10.2. The summed E-state index contributed by atoms with van der Waals surface area (Å²) < 4.78 is 6.26. The van der Waals surface area contributed by atoms with Crippen LogP contribution in [0, 0.1) is 0 Å². The van der Waals surface area contributed by atoms with Crippen LogP contribution >= 0.6 is 0 Å². The van der Waals surface area contributed by atoms with Crippen molar-refractivity contribution >= 4 is 16.1 Å². The number of rotatable bonds is 4. The molecule has 0 N–H and O–H groups in total. The SMILES string of the molecule is CC(C)N1CCC(C([Si](C)(C)C)[Si](C)(C)C)OC1. The monoisotopic (exact) mass is 287 g/mol. The second-order valence-electron chi connectivity index (χ2n) is 8.24. The summed E-state index contributed by atoms with van der Waals surface area (Å²) in [5.41, 5.74) is 0. The Kier molecular flexibility index (Phi) is 5.26. The molecule has 0 aromatic heterocycles. The first-order valence-corrected chi connectivity index (χ1v) is 14.5. The van der Waals surface area contributed by atoms with Crippen molar-refractivity contribution in [3.8, 4) is 0 Å². The molecule has 0 aliphatic carbocycles. The van der Waals surface area contributed by atoms with E-state index in [0.29, 0.717) is 12.1 Å². The van der Waals surface area contributed by atoms with Gasteiger partial charge in [-0.15, -0.1) is 0 Å². The summed E-state index contributed by atoms with van der Waals surface area (Å²) in [6, 6.07) is 0.614. The van der Waals surface area contributed by atoms with Gasteiger partial charge in [-0.05, 0) is 25.4 Å². The molecule has 0 saturated carbocycles. The van der Waals surface area contributed by atoms with Gasteiger partial charge in [-0.1, -0.05) is 39.3 Å². The summed E-state index contributed by atoms with van der Waals surface area (Å²) in [5, 5.41) is 0.874. The van der Waals surface area contributed by atoms with Crippen LogP contribution in [-0.4, -0.2) is 46.5 Å². The fourth-order valence-corrected chi connectivity index (χ4v) is 16.9. The largest absolute Gasteiger partial charge is 0.363 e. The Hall–Kier alpha value is 0.354.